The van der Waals surface area contributed by atoms with Gasteiger partial charge in [0.2, 0.25) is 0 Å². The number of pyridine rings is 2. The van der Waals surface area contributed by atoms with Crippen LogP contribution in [-0.4, -0.2) is 40.6 Å². The number of methoxy groups -OCH3 is 1. The Labute approximate surface area is 165 Å². The molecular formula is C22H27N5O. The van der Waals surface area contributed by atoms with Gasteiger partial charge in [0.15, 0.2) is 0 Å². The van der Waals surface area contributed by atoms with E-state index < -0.39 is 0 Å². The van der Waals surface area contributed by atoms with Crippen molar-refractivity contribution in [2.24, 2.45) is 5.41 Å². The number of fused-ring (bicyclic) bond motifs is 1. The van der Waals surface area contributed by atoms with Crippen LogP contribution < -0.4 is 15.4 Å². The highest BCUT2D eigenvalue weighted by Crippen LogP contribution is 2.44. The quantitative estimate of drug-likeness (QED) is 0.710. The van der Waals surface area contributed by atoms with Gasteiger partial charge < -0.3 is 15.4 Å². The zero-order chi connectivity index (χ0) is 19.3. The highest BCUT2D eigenvalue weighted by atomic mass is 16.5. The topological polar surface area (TPSA) is 63.5 Å². The molecule has 2 fully saturated rings. The van der Waals surface area contributed by atoms with Crippen LogP contribution in [0.4, 0.5) is 5.82 Å². The van der Waals surface area contributed by atoms with Gasteiger partial charge in [-0.1, -0.05) is 19.9 Å². The number of aromatic nitrogens is 3. The van der Waals surface area contributed by atoms with Gasteiger partial charge in [-0.3, -0.25) is 4.40 Å². The van der Waals surface area contributed by atoms with E-state index in [0.717, 1.165) is 41.7 Å². The van der Waals surface area contributed by atoms with E-state index in [1.165, 1.54) is 18.4 Å². The van der Waals surface area contributed by atoms with Crippen molar-refractivity contribution in [2.75, 3.05) is 25.5 Å². The summed E-state index contributed by atoms with van der Waals surface area (Å²) < 4.78 is 7.74. The van der Waals surface area contributed by atoms with Crippen LogP contribution in [0.25, 0.3) is 17.0 Å². The molecule has 4 heterocycles. The smallest absolute Gasteiger partial charge is 0.140 e. The van der Waals surface area contributed by atoms with E-state index in [4.69, 9.17) is 9.72 Å². The molecule has 5 rings (SSSR count). The zero-order valence-corrected chi connectivity index (χ0v) is 16.7. The first kappa shape index (κ1) is 17.5. The third kappa shape index (κ3) is 3.02. The van der Waals surface area contributed by atoms with Crippen molar-refractivity contribution in [3.8, 4) is 17.1 Å². The Morgan fingerprint density at radius 1 is 1.29 bits per heavy atom. The Balaban J connectivity index is 1.51. The SMILES string of the molecule is COc1cc2ncc(-c3cccc(NC4CNCC4(C)C)n3)n2cc1C1CC1. The summed E-state index contributed by atoms with van der Waals surface area (Å²) in [7, 11) is 1.73. The highest BCUT2D eigenvalue weighted by Gasteiger charge is 2.34. The molecule has 0 bridgehead atoms. The average molecular weight is 377 g/mol. The number of rotatable bonds is 5. The molecule has 0 aromatic carbocycles. The predicted molar refractivity (Wildman–Crippen MR) is 111 cm³/mol. The molecule has 1 aliphatic carbocycles. The zero-order valence-electron chi connectivity index (χ0n) is 16.7. The average Bonchev–Trinajstić information content (AvgIpc) is 3.37. The molecule has 0 radical (unpaired) electrons. The number of hydrogen-bond acceptors (Lipinski definition) is 5. The molecule has 1 saturated carbocycles. The highest BCUT2D eigenvalue weighted by molar-refractivity contribution is 5.64. The van der Waals surface area contributed by atoms with Crippen molar-refractivity contribution in [1.29, 1.82) is 0 Å². The molecule has 146 valence electrons. The second kappa shape index (κ2) is 6.48. The second-order valence-corrected chi connectivity index (χ2v) is 8.67. The van der Waals surface area contributed by atoms with Crippen molar-refractivity contribution in [2.45, 2.75) is 38.6 Å². The van der Waals surface area contributed by atoms with Gasteiger partial charge in [0.25, 0.3) is 0 Å². The summed E-state index contributed by atoms with van der Waals surface area (Å²) in [5.74, 6) is 2.45. The van der Waals surface area contributed by atoms with Gasteiger partial charge in [-0.25, -0.2) is 9.97 Å². The summed E-state index contributed by atoms with van der Waals surface area (Å²) in [6.07, 6.45) is 6.54. The Kier molecular flexibility index (Phi) is 4.05. The van der Waals surface area contributed by atoms with Crippen LogP contribution in [0, 0.1) is 5.41 Å². The number of ether oxygens (including phenoxy) is 1. The lowest BCUT2D eigenvalue weighted by Gasteiger charge is -2.27. The van der Waals surface area contributed by atoms with E-state index in [-0.39, 0.29) is 5.41 Å². The number of nitrogens with zero attached hydrogens (tertiary/aromatic N) is 3. The van der Waals surface area contributed by atoms with Gasteiger partial charge in [0.05, 0.1) is 24.7 Å². The van der Waals surface area contributed by atoms with Crippen molar-refractivity contribution in [3.05, 3.63) is 42.2 Å². The van der Waals surface area contributed by atoms with E-state index in [0.29, 0.717) is 12.0 Å². The molecule has 0 amide bonds. The van der Waals surface area contributed by atoms with E-state index in [1.807, 2.05) is 24.4 Å². The first-order valence-corrected chi connectivity index (χ1v) is 10.0. The molecule has 6 heteroatoms. The lowest BCUT2D eigenvalue weighted by atomic mass is 9.88. The molecule has 0 spiro atoms. The first-order valence-electron chi connectivity index (χ1n) is 10.0. The van der Waals surface area contributed by atoms with Crippen molar-refractivity contribution in [1.82, 2.24) is 19.7 Å². The Bertz CT molecular complexity index is 1020. The Morgan fingerprint density at radius 3 is 2.86 bits per heavy atom. The molecule has 3 aromatic rings. The van der Waals surface area contributed by atoms with Crippen LogP contribution in [0.2, 0.25) is 0 Å². The molecule has 6 nitrogen and oxygen atoms in total. The van der Waals surface area contributed by atoms with Crippen molar-refractivity contribution >= 4 is 11.5 Å². The van der Waals surface area contributed by atoms with Crippen LogP contribution in [0.15, 0.2) is 36.7 Å². The fraction of sp³-hybridized carbons (Fsp3) is 0.455. The normalized spacial score (nSPS) is 21.2. The Morgan fingerprint density at radius 2 is 2.14 bits per heavy atom. The standard InChI is InChI=1S/C22H27N5O/c1-22(2)13-23-11-19(22)26-20-6-4-5-16(25-20)17-10-24-21-9-18(28-3)15(12-27(17)21)14-7-8-14/h4-6,9-10,12,14,19,23H,7-8,11,13H2,1-3H3,(H,25,26). The number of hydrogen-bond donors (Lipinski definition) is 2. The van der Waals surface area contributed by atoms with Crippen molar-refractivity contribution in [3.63, 3.8) is 0 Å². The van der Waals surface area contributed by atoms with Gasteiger partial charge in [-0.2, -0.15) is 0 Å². The summed E-state index contributed by atoms with van der Waals surface area (Å²) in [6, 6.07) is 8.55. The molecule has 28 heavy (non-hydrogen) atoms. The van der Waals surface area contributed by atoms with Crippen LogP contribution in [0.3, 0.4) is 0 Å². The van der Waals surface area contributed by atoms with Crippen LogP contribution in [0.1, 0.15) is 38.2 Å². The lowest BCUT2D eigenvalue weighted by molar-refractivity contribution is 0.380. The molecule has 1 aliphatic heterocycles. The van der Waals surface area contributed by atoms with Gasteiger partial charge in [-0.05, 0) is 36.3 Å². The summed E-state index contributed by atoms with van der Waals surface area (Å²) in [5, 5.41) is 7.08. The molecule has 1 saturated heterocycles. The number of anilines is 1. The number of imidazole rings is 1. The minimum absolute atomic E-state index is 0.205. The maximum absolute atomic E-state index is 5.60. The summed E-state index contributed by atoms with van der Waals surface area (Å²) in [4.78, 5) is 9.49. The van der Waals surface area contributed by atoms with Gasteiger partial charge in [0, 0.05) is 37.0 Å². The van der Waals surface area contributed by atoms with Crippen LogP contribution >= 0.6 is 0 Å². The maximum Gasteiger partial charge on any atom is 0.140 e. The largest absolute Gasteiger partial charge is 0.496 e. The van der Waals surface area contributed by atoms with E-state index in [1.54, 1.807) is 7.11 Å². The summed E-state index contributed by atoms with van der Waals surface area (Å²) in [5.41, 5.74) is 4.29. The van der Waals surface area contributed by atoms with Crippen LogP contribution in [-0.2, 0) is 0 Å². The molecular weight excluding hydrogens is 350 g/mol. The molecule has 1 atom stereocenters. The minimum Gasteiger partial charge on any atom is -0.496 e. The van der Waals surface area contributed by atoms with Crippen LogP contribution in [0.5, 0.6) is 5.75 Å². The molecule has 1 unspecified atom stereocenters. The second-order valence-electron chi connectivity index (χ2n) is 8.67. The summed E-state index contributed by atoms with van der Waals surface area (Å²) >= 11 is 0. The van der Waals surface area contributed by atoms with E-state index >= 15 is 0 Å². The van der Waals surface area contributed by atoms with Crippen molar-refractivity contribution < 1.29 is 4.74 Å². The van der Waals surface area contributed by atoms with E-state index in [2.05, 4.69) is 46.1 Å². The molecule has 2 N–H and O–H groups in total. The van der Waals surface area contributed by atoms with Gasteiger partial charge >= 0.3 is 0 Å². The fourth-order valence-electron chi connectivity index (χ4n) is 4.11. The first-order chi connectivity index (χ1) is 13.5. The predicted octanol–water partition coefficient (Wildman–Crippen LogP) is 3.69. The van der Waals surface area contributed by atoms with Gasteiger partial charge in [-0.15, -0.1) is 0 Å². The fourth-order valence-corrected chi connectivity index (χ4v) is 4.11. The minimum atomic E-state index is 0.205. The maximum atomic E-state index is 5.60. The van der Waals surface area contributed by atoms with E-state index in [9.17, 15) is 0 Å². The molecule has 3 aromatic heterocycles. The number of nitrogens with one attached hydrogen (secondary N) is 2. The molecule has 2 aliphatic rings. The lowest BCUT2D eigenvalue weighted by Crippen LogP contribution is -2.34. The third-order valence-electron chi connectivity index (χ3n) is 6.08. The summed E-state index contributed by atoms with van der Waals surface area (Å²) in [6.45, 7) is 6.54. The Hall–Kier alpha value is -2.60. The third-order valence-corrected chi connectivity index (χ3v) is 6.08. The monoisotopic (exact) mass is 377 g/mol. The van der Waals surface area contributed by atoms with Gasteiger partial charge in [0.1, 0.15) is 17.2 Å².